The van der Waals surface area contributed by atoms with Gasteiger partial charge < -0.3 is 9.32 Å². The highest BCUT2D eigenvalue weighted by Gasteiger charge is 2.35. The lowest BCUT2D eigenvalue weighted by Gasteiger charge is -2.19. The first-order valence-corrected chi connectivity index (χ1v) is 11.3. The van der Waals surface area contributed by atoms with Crippen molar-refractivity contribution >= 4 is 33.2 Å². The zero-order chi connectivity index (χ0) is 19.1. The minimum atomic E-state index is 0.0996. The van der Waals surface area contributed by atoms with Crippen LogP contribution in [0.5, 0.6) is 0 Å². The number of hydrogen-bond donors (Lipinski definition) is 0. The fraction of sp³-hybridized carbons (Fsp3) is 0.381. The second-order valence-electron chi connectivity index (χ2n) is 7.41. The van der Waals surface area contributed by atoms with Crippen LogP contribution in [0.2, 0.25) is 0 Å². The first-order chi connectivity index (χ1) is 13.7. The molecule has 1 fully saturated rings. The minimum absolute atomic E-state index is 0.0996. The molecule has 0 spiro atoms. The normalized spacial score (nSPS) is 16.0. The fourth-order valence-electron chi connectivity index (χ4n) is 3.70. The maximum absolute atomic E-state index is 13.2. The van der Waals surface area contributed by atoms with Gasteiger partial charge in [0.1, 0.15) is 0 Å². The van der Waals surface area contributed by atoms with Gasteiger partial charge in [-0.1, -0.05) is 12.1 Å². The molecule has 3 aromatic rings. The Morgan fingerprint density at radius 1 is 1.21 bits per heavy atom. The topological polar surface area (TPSA) is 59.2 Å². The van der Waals surface area contributed by atoms with Gasteiger partial charge in [0.2, 0.25) is 11.8 Å². The Kier molecular flexibility index (Phi) is 4.80. The monoisotopic (exact) mass is 457 g/mol. The van der Waals surface area contributed by atoms with Crippen molar-refractivity contribution in [3.63, 3.8) is 0 Å². The van der Waals surface area contributed by atoms with Crippen LogP contribution in [-0.2, 0) is 19.4 Å². The molecule has 7 heteroatoms. The predicted octanol–water partition coefficient (Wildman–Crippen LogP) is 5.24. The highest BCUT2D eigenvalue weighted by atomic mass is 79.9. The largest absolute Gasteiger partial charge is 0.419 e. The maximum atomic E-state index is 13.2. The van der Waals surface area contributed by atoms with Gasteiger partial charge in [-0.05, 0) is 78.2 Å². The van der Waals surface area contributed by atoms with Gasteiger partial charge in [0.15, 0.2) is 0 Å². The van der Waals surface area contributed by atoms with Crippen LogP contribution in [-0.4, -0.2) is 27.0 Å². The minimum Gasteiger partial charge on any atom is -0.419 e. The number of thiophene rings is 1. The van der Waals surface area contributed by atoms with Crippen LogP contribution in [0, 0.1) is 0 Å². The molecule has 0 radical (unpaired) electrons. The Hall–Kier alpha value is -1.99. The highest BCUT2D eigenvalue weighted by molar-refractivity contribution is 9.10. The van der Waals surface area contributed by atoms with Gasteiger partial charge in [-0.25, -0.2) is 0 Å². The molecule has 1 aromatic carbocycles. The zero-order valence-electron chi connectivity index (χ0n) is 15.4. The smallest absolute Gasteiger partial charge is 0.264 e. The average Bonchev–Trinajstić information content (AvgIpc) is 3.28. The lowest BCUT2D eigenvalue weighted by Crippen LogP contribution is -2.32. The molecule has 28 heavy (non-hydrogen) atoms. The van der Waals surface area contributed by atoms with Crippen LogP contribution in [0.15, 0.2) is 39.2 Å². The van der Waals surface area contributed by atoms with Crippen LogP contribution >= 0.6 is 27.3 Å². The van der Waals surface area contributed by atoms with Crippen LogP contribution in [0.25, 0.3) is 11.5 Å². The number of aryl methyl sites for hydroxylation is 2. The zero-order valence-corrected chi connectivity index (χ0v) is 17.8. The maximum Gasteiger partial charge on any atom is 0.264 e. The summed E-state index contributed by atoms with van der Waals surface area (Å²) in [5.74, 6) is 1.05. The molecule has 5 rings (SSSR count). The van der Waals surface area contributed by atoms with Gasteiger partial charge in [0.25, 0.3) is 5.91 Å². The van der Waals surface area contributed by atoms with Crippen molar-refractivity contribution in [3.05, 3.63) is 56.0 Å². The van der Waals surface area contributed by atoms with E-state index in [9.17, 15) is 4.79 Å². The van der Waals surface area contributed by atoms with Crippen molar-refractivity contribution in [2.45, 2.75) is 51.1 Å². The molecule has 5 nitrogen and oxygen atoms in total. The number of nitrogens with zero attached hydrogens (tertiary/aromatic N) is 3. The first kappa shape index (κ1) is 18.1. The Morgan fingerprint density at radius 2 is 2.04 bits per heavy atom. The number of aromatic nitrogens is 2. The number of halogens is 1. The van der Waals surface area contributed by atoms with Crippen LogP contribution in [0.4, 0.5) is 0 Å². The number of fused-ring (bicyclic) bond motifs is 1. The average molecular weight is 458 g/mol. The van der Waals surface area contributed by atoms with Crippen molar-refractivity contribution in [1.82, 2.24) is 15.1 Å². The quantitative estimate of drug-likeness (QED) is 0.525. The predicted molar refractivity (Wildman–Crippen MR) is 111 cm³/mol. The molecule has 2 aliphatic carbocycles. The van der Waals surface area contributed by atoms with E-state index in [0.29, 0.717) is 18.3 Å². The Morgan fingerprint density at radius 3 is 2.82 bits per heavy atom. The molecule has 0 N–H and O–H groups in total. The molecule has 2 aliphatic rings. The number of carbonyl (C=O) groups excluding carboxylic acids is 1. The third-order valence-electron chi connectivity index (χ3n) is 5.33. The molecular formula is C21H20BrN3O2S. The highest BCUT2D eigenvalue weighted by Crippen LogP contribution is 2.35. The van der Waals surface area contributed by atoms with Gasteiger partial charge in [-0.2, -0.15) is 0 Å². The molecule has 0 atom stereocenters. The van der Waals surface area contributed by atoms with E-state index in [1.807, 2.05) is 29.2 Å². The van der Waals surface area contributed by atoms with E-state index in [-0.39, 0.29) is 11.9 Å². The summed E-state index contributed by atoms with van der Waals surface area (Å²) in [5.41, 5.74) is 2.22. The summed E-state index contributed by atoms with van der Waals surface area (Å²) in [5, 5.41) is 8.38. The SMILES string of the molecule is O=C(c1cc2c(s1)CCCC2)N(Cc1nnc(-c2ccccc2Br)o1)C1CC1. The van der Waals surface area contributed by atoms with Crippen molar-refractivity contribution in [2.24, 2.45) is 0 Å². The van der Waals surface area contributed by atoms with Crippen molar-refractivity contribution in [1.29, 1.82) is 0 Å². The molecule has 2 aromatic heterocycles. The number of rotatable bonds is 5. The Labute approximate surface area is 175 Å². The molecule has 0 aliphatic heterocycles. The Balaban J connectivity index is 1.37. The van der Waals surface area contributed by atoms with Gasteiger partial charge in [-0.15, -0.1) is 21.5 Å². The van der Waals surface area contributed by atoms with Gasteiger partial charge in [-0.3, -0.25) is 4.79 Å². The number of hydrogen-bond acceptors (Lipinski definition) is 5. The van der Waals surface area contributed by atoms with Crippen molar-refractivity contribution < 1.29 is 9.21 Å². The van der Waals surface area contributed by atoms with Crippen molar-refractivity contribution in [2.75, 3.05) is 0 Å². The second-order valence-corrected chi connectivity index (χ2v) is 9.40. The summed E-state index contributed by atoms with van der Waals surface area (Å²) in [7, 11) is 0. The van der Waals surface area contributed by atoms with Gasteiger partial charge >= 0.3 is 0 Å². The number of carbonyl (C=O) groups is 1. The van der Waals surface area contributed by atoms with E-state index >= 15 is 0 Å². The summed E-state index contributed by atoms with van der Waals surface area (Å²) < 4.78 is 6.79. The lowest BCUT2D eigenvalue weighted by atomic mass is 9.99. The molecular weight excluding hydrogens is 438 g/mol. The Bertz CT molecular complexity index is 1000. The molecule has 1 saturated carbocycles. The lowest BCUT2D eigenvalue weighted by molar-refractivity contribution is 0.0719. The van der Waals surface area contributed by atoms with E-state index in [2.05, 4.69) is 32.2 Å². The standard InChI is InChI=1S/C21H20BrN3O2S/c22-16-7-3-2-6-15(16)20-24-23-19(27-20)12-25(14-9-10-14)21(26)18-11-13-5-1-4-8-17(13)28-18/h2-3,6-7,11,14H,1,4-5,8-10,12H2. The summed E-state index contributed by atoms with van der Waals surface area (Å²) in [6.07, 6.45) is 6.75. The van der Waals surface area contributed by atoms with Crippen LogP contribution < -0.4 is 0 Å². The summed E-state index contributed by atoms with van der Waals surface area (Å²) >= 11 is 5.18. The fourth-order valence-corrected chi connectivity index (χ4v) is 5.36. The molecule has 144 valence electrons. The second kappa shape index (κ2) is 7.44. The molecule has 0 unspecified atom stereocenters. The summed E-state index contributed by atoms with van der Waals surface area (Å²) in [6, 6.07) is 10.1. The van der Waals surface area contributed by atoms with E-state index in [1.165, 1.54) is 23.3 Å². The molecule has 2 heterocycles. The molecule has 1 amide bonds. The first-order valence-electron chi connectivity index (χ1n) is 9.69. The third-order valence-corrected chi connectivity index (χ3v) is 7.25. The molecule has 0 bridgehead atoms. The van der Waals surface area contributed by atoms with E-state index in [1.54, 1.807) is 11.3 Å². The van der Waals surface area contributed by atoms with Crippen LogP contribution in [0.1, 0.15) is 51.7 Å². The molecule has 0 saturated heterocycles. The van der Waals surface area contributed by atoms with E-state index in [0.717, 1.165) is 40.6 Å². The third kappa shape index (κ3) is 3.53. The number of amides is 1. The van der Waals surface area contributed by atoms with Crippen molar-refractivity contribution in [3.8, 4) is 11.5 Å². The van der Waals surface area contributed by atoms with Crippen LogP contribution in [0.3, 0.4) is 0 Å². The van der Waals surface area contributed by atoms with Gasteiger partial charge in [0.05, 0.1) is 17.0 Å². The summed E-state index contributed by atoms with van der Waals surface area (Å²) in [4.78, 5) is 17.4. The van der Waals surface area contributed by atoms with E-state index < -0.39 is 0 Å². The van der Waals surface area contributed by atoms with E-state index in [4.69, 9.17) is 4.42 Å². The number of benzene rings is 1. The van der Waals surface area contributed by atoms with Gasteiger partial charge in [0, 0.05) is 15.4 Å². The summed E-state index contributed by atoms with van der Waals surface area (Å²) in [6.45, 7) is 0.365.